The molecule has 7 nitrogen and oxygen atoms in total. The third kappa shape index (κ3) is 7.20. The molecule has 0 spiro atoms. The molecule has 30 heavy (non-hydrogen) atoms. The van der Waals surface area contributed by atoms with Crippen molar-refractivity contribution in [2.45, 2.75) is 32.2 Å². The van der Waals surface area contributed by atoms with Crippen LogP contribution in [0, 0.1) is 20.8 Å². The third-order valence-electron chi connectivity index (χ3n) is 4.41. The van der Waals surface area contributed by atoms with Crippen LogP contribution in [-0.4, -0.2) is 50.7 Å². The van der Waals surface area contributed by atoms with E-state index in [1.807, 2.05) is 18.1 Å². The Hall–Kier alpha value is -2.84. The lowest BCUT2D eigenvalue weighted by atomic mass is 10.1. The van der Waals surface area contributed by atoms with Crippen molar-refractivity contribution in [3.8, 4) is 0 Å². The van der Waals surface area contributed by atoms with Crippen molar-refractivity contribution >= 4 is 34.7 Å². The largest absolute Gasteiger partial charge is 0.473 e. The molecule has 2 N–H and O–H groups in total. The topological polar surface area (TPSA) is 102 Å². The molecule has 160 valence electrons. The highest BCUT2D eigenvalue weighted by molar-refractivity contribution is 7.99. The van der Waals surface area contributed by atoms with Crippen molar-refractivity contribution in [2.24, 2.45) is 0 Å². The number of hydrogen-bond acceptors (Lipinski definition) is 5. The highest BCUT2D eigenvalue weighted by Gasteiger charge is 2.05. The van der Waals surface area contributed by atoms with Crippen LogP contribution >= 0.6 is 11.8 Å². The fourth-order valence-electron chi connectivity index (χ4n) is 2.61. The monoisotopic (exact) mass is 430 g/mol. The average molecular weight is 431 g/mol. The Morgan fingerprint density at radius 1 is 1.00 bits per heavy atom. The summed E-state index contributed by atoms with van der Waals surface area (Å²) in [7, 11) is 0. The first-order valence-corrected chi connectivity index (χ1v) is 10.4. The summed E-state index contributed by atoms with van der Waals surface area (Å²) in [6, 6.07) is 13.0. The second-order valence-corrected chi connectivity index (χ2v) is 7.92. The number of aromatic nitrogens is 2. The molecule has 0 atom stereocenters. The normalized spacial score (nSPS) is 10.5. The van der Waals surface area contributed by atoms with E-state index in [0.29, 0.717) is 6.61 Å². The third-order valence-corrected chi connectivity index (χ3v) is 5.39. The standard InChI is InChI=1S/C20H24N2OS.C2H2O4/c1-15-4-6-18(7-5-15)24-11-10-23-9-8-22-14-21-19-12-16(2)17(3)13-20(19)22;3-1(4)2(5)6/h4-7,12-14H,8-11H2,1-3H3;(H,3,4)(H,5,6). The van der Waals surface area contributed by atoms with E-state index >= 15 is 0 Å². The number of fused-ring (bicyclic) bond motifs is 1. The maximum absolute atomic E-state index is 9.10. The SMILES string of the molecule is Cc1ccc(SCCOCCn2cnc3cc(C)c(C)cc32)cc1.O=C(O)C(=O)O. The fraction of sp³-hybridized carbons (Fsp3) is 0.318. The van der Waals surface area contributed by atoms with Crippen LogP contribution in [0.5, 0.6) is 0 Å². The van der Waals surface area contributed by atoms with Gasteiger partial charge in [-0.3, -0.25) is 0 Å². The number of carboxylic acid groups (broad SMARTS) is 2. The van der Waals surface area contributed by atoms with Crippen molar-refractivity contribution in [3.05, 3.63) is 59.4 Å². The molecule has 0 saturated heterocycles. The molecule has 1 aromatic heterocycles. The van der Waals surface area contributed by atoms with Crippen LogP contribution in [0.2, 0.25) is 0 Å². The van der Waals surface area contributed by atoms with Crippen molar-refractivity contribution in [3.63, 3.8) is 0 Å². The van der Waals surface area contributed by atoms with Crippen LogP contribution in [-0.2, 0) is 20.9 Å². The highest BCUT2D eigenvalue weighted by Crippen LogP contribution is 2.19. The molecule has 0 saturated carbocycles. The number of carbonyl (C=O) groups is 2. The van der Waals surface area contributed by atoms with Gasteiger partial charge in [0, 0.05) is 17.2 Å². The summed E-state index contributed by atoms with van der Waals surface area (Å²) >= 11 is 1.84. The van der Waals surface area contributed by atoms with Crippen LogP contribution in [0.25, 0.3) is 11.0 Å². The van der Waals surface area contributed by atoms with Crippen LogP contribution in [0.1, 0.15) is 16.7 Å². The van der Waals surface area contributed by atoms with Crippen molar-refractivity contribution in [1.29, 1.82) is 0 Å². The van der Waals surface area contributed by atoms with Crippen LogP contribution in [0.3, 0.4) is 0 Å². The predicted octanol–water partition coefficient (Wildman–Crippen LogP) is 3.93. The lowest BCUT2D eigenvalue weighted by Crippen LogP contribution is -2.09. The number of aryl methyl sites for hydroxylation is 3. The number of benzene rings is 2. The molecular formula is C22H26N2O5S. The molecule has 0 bridgehead atoms. The Labute approximate surface area is 179 Å². The summed E-state index contributed by atoms with van der Waals surface area (Å²) in [5, 5.41) is 14.8. The number of carboxylic acids is 2. The van der Waals surface area contributed by atoms with Gasteiger partial charge in [0.25, 0.3) is 0 Å². The van der Waals surface area contributed by atoms with E-state index < -0.39 is 11.9 Å². The lowest BCUT2D eigenvalue weighted by Gasteiger charge is -2.07. The van der Waals surface area contributed by atoms with E-state index in [1.54, 1.807) is 0 Å². The van der Waals surface area contributed by atoms with Gasteiger partial charge in [0.05, 0.1) is 30.6 Å². The highest BCUT2D eigenvalue weighted by atomic mass is 32.2. The molecule has 1 heterocycles. The van der Waals surface area contributed by atoms with E-state index in [0.717, 1.165) is 24.4 Å². The Bertz CT molecular complexity index is 987. The van der Waals surface area contributed by atoms with Gasteiger partial charge in [0.15, 0.2) is 0 Å². The summed E-state index contributed by atoms with van der Waals surface area (Å²) < 4.78 is 7.96. The number of aliphatic carboxylic acids is 2. The number of nitrogens with zero attached hydrogens (tertiary/aromatic N) is 2. The van der Waals surface area contributed by atoms with Crippen molar-refractivity contribution < 1.29 is 24.5 Å². The predicted molar refractivity (Wildman–Crippen MR) is 117 cm³/mol. The van der Waals surface area contributed by atoms with Gasteiger partial charge in [-0.25, -0.2) is 14.6 Å². The van der Waals surface area contributed by atoms with Gasteiger partial charge in [-0.05, 0) is 56.2 Å². The van der Waals surface area contributed by atoms with Crippen molar-refractivity contribution in [1.82, 2.24) is 9.55 Å². The van der Waals surface area contributed by atoms with E-state index in [2.05, 4.69) is 66.7 Å². The minimum atomic E-state index is -1.82. The first-order valence-electron chi connectivity index (χ1n) is 9.43. The summed E-state index contributed by atoms with van der Waals surface area (Å²) in [5.74, 6) is -2.67. The molecule has 3 aromatic rings. The summed E-state index contributed by atoms with van der Waals surface area (Å²) in [4.78, 5) is 24.0. The Morgan fingerprint density at radius 3 is 2.27 bits per heavy atom. The quantitative estimate of drug-likeness (QED) is 0.333. The fourth-order valence-corrected chi connectivity index (χ4v) is 3.37. The zero-order valence-electron chi connectivity index (χ0n) is 17.3. The molecule has 0 radical (unpaired) electrons. The zero-order valence-corrected chi connectivity index (χ0v) is 18.1. The van der Waals surface area contributed by atoms with Crippen molar-refractivity contribution in [2.75, 3.05) is 19.0 Å². The molecule has 0 aliphatic heterocycles. The second-order valence-electron chi connectivity index (χ2n) is 6.75. The van der Waals surface area contributed by atoms with Gasteiger partial charge in [-0.15, -0.1) is 11.8 Å². The molecular weight excluding hydrogens is 404 g/mol. The number of ether oxygens (including phenoxy) is 1. The van der Waals surface area contributed by atoms with Crippen LogP contribution < -0.4 is 0 Å². The Kier molecular flexibility index (Phi) is 8.89. The maximum atomic E-state index is 9.10. The molecule has 0 aliphatic carbocycles. The molecule has 0 aliphatic rings. The number of imidazole rings is 1. The summed E-state index contributed by atoms with van der Waals surface area (Å²) in [5.41, 5.74) is 6.15. The minimum absolute atomic E-state index is 0.715. The lowest BCUT2D eigenvalue weighted by molar-refractivity contribution is -0.159. The number of rotatable bonds is 7. The van der Waals surface area contributed by atoms with E-state index in [-0.39, 0.29) is 0 Å². The average Bonchev–Trinajstić information content (AvgIpc) is 3.08. The summed E-state index contributed by atoms with van der Waals surface area (Å²) in [6.45, 7) is 8.71. The Balaban J connectivity index is 0.000000469. The van der Waals surface area contributed by atoms with Gasteiger partial charge in [0.1, 0.15) is 0 Å². The zero-order chi connectivity index (χ0) is 22.1. The molecule has 3 rings (SSSR count). The number of thioether (sulfide) groups is 1. The first kappa shape index (κ1) is 23.4. The summed E-state index contributed by atoms with van der Waals surface area (Å²) in [6.07, 6.45) is 1.91. The second kappa shape index (κ2) is 11.4. The Morgan fingerprint density at radius 2 is 1.63 bits per heavy atom. The molecule has 0 unspecified atom stereocenters. The van der Waals surface area contributed by atoms with E-state index in [9.17, 15) is 0 Å². The van der Waals surface area contributed by atoms with Crippen LogP contribution in [0.15, 0.2) is 47.6 Å². The molecule has 8 heteroatoms. The molecule has 0 amide bonds. The number of hydrogen-bond donors (Lipinski definition) is 2. The molecule has 2 aromatic carbocycles. The van der Waals surface area contributed by atoms with E-state index in [1.165, 1.54) is 27.1 Å². The van der Waals surface area contributed by atoms with E-state index in [4.69, 9.17) is 24.5 Å². The van der Waals surface area contributed by atoms with Gasteiger partial charge >= 0.3 is 11.9 Å². The minimum Gasteiger partial charge on any atom is -0.473 e. The van der Waals surface area contributed by atoms with Gasteiger partial charge < -0.3 is 19.5 Å². The van der Waals surface area contributed by atoms with Gasteiger partial charge in [-0.2, -0.15) is 0 Å². The van der Waals surface area contributed by atoms with Gasteiger partial charge in [0.2, 0.25) is 0 Å². The molecule has 0 fully saturated rings. The first-order chi connectivity index (χ1) is 14.3. The maximum Gasteiger partial charge on any atom is 0.414 e. The van der Waals surface area contributed by atoms with Crippen LogP contribution in [0.4, 0.5) is 0 Å². The van der Waals surface area contributed by atoms with Gasteiger partial charge in [-0.1, -0.05) is 17.7 Å². The smallest absolute Gasteiger partial charge is 0.414 e.